The first-order valence-corrected chi connectivity index (χ1v) is 5.66. The molecule has 0 spiro atoms. The second-order valence-corrected chi connectivity index (χ2v) is 4.39. The van der Waals surface area contributed by atoms with Gasteiger partial charge in [-0.05, 0) is 30.3 Å². The number of nitrogens with two attached hydrogens (primary N) is 1. The van der Waals surface area contributed by atoms with E-state index in [1.54, 1.807) is 0 Å². The maximum atomic E-state index is 5.52. The zero-order chi connectivity index (χ0) is 9.80. The summed E-state index contributed by atoms with van der Waals surface area (Å²) in [7, 11) is 0. The van der Waals surface area contributed by atoms with Crippen LogP contribution in [-0.4, -0.2) is 24.1 Å². The van der Waals surface area contributed by atoms with E-state index >= 15 is 0 Å². The van der Waals surface area contributed by atoms with Crippen LogP contribution in [0, 0.1) is 5.92 Å². The first-order valence-electron chi connectivity index (χ1n) is 4.88. The number of hydrogen-bond donors (Lipinski definition) is 2. The summed E-state index contributed by atoms with van der Waals surface area (Å²) in [6.45, 7) is 2.76. The molecule has 1 unspecified atom stereocenters. The average molecular weight is 213 g/mol. The summed E-state index contributed by atoms with van der Waals surface area (Å²) in [5.41, 5.74) is 5.52. The number of nitrogens with zero attached hydrogens (tertiary/aromatic N) is 1. The zero-order valence-corrected chi connectivity index (χ0v) is 8.85. The van der Waals surface area contributed by atoms with Gasteiger partial charge < -0.3 is 15.8 Å². The van der Waals surface area contributed by atoms with Crippen LogP contribution in [-0.2, 0) is 4.74 Å². The summed E-state index contributed by atoms with van der Waals surface area (Å²) in [5.74, 6) is 1.23. The fraction of sp³-hybridized carbons (Fsp3) is 0.667. The molecule has 1 aliphatic rings. The van der Waals surface area contributed by atoms with Crippen LogP contribution >= 0.6 is 11.5 Å². The Bertz CT molecular complexity index is 283. The molecule has 0 bridgehead atoms. The van der Waals surface area contributed by atoms with Crippen molar-refractivity contribution in [2.24, 2.45) is 5.92 Å². The maximum Gasteiger partial charge on any atom is 0.139 e. The highest BCUT2D eigenvalue weighted by molar-refractivity contribution is 7.10. The van der Waals surface area contributed by atoms with Gasteiger partial charge in [-0.25, -0.2) is 0 Å². The van der Waals surface area contributed by atoms with Gasteiger partial charge in [-0.2, -0.15) is 4.37 Å². The minimum atomic E-state index is 0.595. The monoisotopic (exact) mass is 213 g/mol. The molecular formula is C9H15N3OS. The highest BCUT2D eigenvalue weighted by Crippen LogP contribution is 2.19. The summed E-state index contributed by atoms with van der Waals surface area (Å²) in [4.78, 5) is 0. The van der Waals surface area contributed by atoms with E-state index in [0.717, 1.165) is 24.8 Å². The first kappa shape index (κ1) is 9.73. The van der Waals surface area contributed by atoms with Gasteiger partial charge in [0.25, 0.3) is 0 Å². The van der Waals surface area contributed by atoms with Crippen LogP contribution in [0.2, 0.25) is 0 Å². The normalized spacial score (nSPS) is 22.1. The molecule has 1 aliphatic heterocycles. The van der Waals surface area contributed by atoms with Crippen LogP contribution in [0.3, 0.4) is 0 Å². The fourth-order valence-electron chi connectivity index (χ4n) is 1.59. The molecule has 5 heteroatoms. The van der Waals surface area contributed by atoms with E-state index in [0.29, 0.717) is 11.7 Å². The second-order valence-electron chi connectivity index (χ2n) is 3.58. The molecule has 2 heterocycles. The van der Waals surface area contributed by atoms with Crippen molar-refractivity contribution in [1.29, 1.82) is 0 Å². The summed E-state index contributed by atoms with van der Waals surface area (Å²) < 4.78 is 9.40. The number of nitrogens with one attached hydrogen (secondary N) is 1. The van der Waals surface area contributed by atoms with Crippen LogP contribution in [0.5, 0.6) is 0 Å². The van der Waals surface area contributed by atoms with E-state index in [2.05, 4.69) is 9.69 Å². The number of ether oxygens (including phenoxy) is 1. The number of aromatic nitrogens is 1. The summed E-state index contributed by atoms with van der Waals surface area (Å²) in [5, 5.41) is 4.38. The van der Waals surface area contributed by atoms with Crippen molar-refractivity contribution in [2.45, 2.75) is 12.8 Å². The van der Waals surface area contributed by atoms with E-state index in [1.807, 2.05) is 6.07 Å². The minimum Gasteiger partial charge on any atom is -0.383 e. The smallest absolute Gasteiger partial charge is 0.139 e. The van der Waals surface area contributed by atoms with Gasteiger partial charge >= 0.3 is 0 Å². The molecule has 0 amide bonds. The first-order chi connectivity index (χ1) is 6.84. The largest absolute Gasteiger partial charge is 0.383 e. The van der Waals surface area contributed by atoms with Crippen molar-refractivity contribution >= 4 is 22.4 Å². The molecule has 4 nitrogen and oxygen atoms in total. The van der Waals surface area contributed by atoms with Gasteiger partial charge in [-0.3, -0.25) is 0 Å². The lowest BCUT2D eigenvalue weighted by atomic mass is 10.0. The lowest BCUT2D eigenvalue weighted by Crippen LogP contribution is -2.24. The Balaban J connectivity index is 1.76. The van der Waals surface area contributed by atoms with Crippen LogP contribution in [0.4, 0.5) is 10.8 Å². The molecule has 0 saturated carbocycles. The Hall–Kier alpha value is -0.810. The van der Waals surface area contributed by atoms with Crippen molar-refractivity contribution in [3.05, 3.63) is 6.07 Å². The highest BCUT2D eigenvalue weighted by atomic mass is 32.1. The molecule has 0 radical (unpaired) electrons. The zero-order valence-electron chi connectivity index (χ0n) is 8.03. The number of rotatable bonds is 3. The molecule has 3 N–H and O–H groups in total. The third-order valence-electron chi connectivity index (χ3n) is 2.35. The van der Waals surface area contributed by atoms with E-state index in [-0.39, 0.29) is 0 Å². The molecule has 0 aliphatic carbocycles. The maximum absolute atomic E-state index is 5.52. The van der Waals surface area contributed by atoms with Crippen molar-refractivity contribution in [2.75, 3.05) is 30.8 Å². The Morgan fingerprint density at radius 2 is 2.64 bits per heavy atom. The van der Waals surface area contributed by atoms with Crippen LogP contribution in [0.15, 0.2) is 6.07 Å². The van der Waals surface area contributed by atoms with Crippen molar-refractivity contribution in [1.82, 2.24) is 4.37 Å². The molecular weight excluding hydrogens is 198 g/mol. The predicted octanol–water partition coefficient (Wildman–Crippen LogP) is 1.56. The number of nitrogen functional groups attached to an aromatic ring is 1. The van der Waals surface area contributed by atoms with E-state index in [1.165, 1.54) is 24.4 Å². The van der Waals surface area contributed by atoms with Crippen LogP contribution in [0.25, 0.3) is 0 Å². The third kappa shape index (κ3) is 2.59. The molecule has 78 valence electrons. The standard InChI is InChI=1S/C9H15N3OS/c10-8-4-9(14-12-8)11-5-7-2-1-3-13-6-7/h4,7,11H,1-3,5-6H2,(H2,10,12). The van der Waals surface area contributed by atoms with Crippen molar-refractivity contribution < 1.29 is 4.74 Å². The van der Waals surface area contributed by atoms with Gasteiger partial charge in [0.05, 0.1) is 6.61 Å². The summed E-state index contributed by atoms with van der Waals surface area (Å²) >= 11 is 1.41. The predicted molar refractivity (Wildman–Crippen MR) is 58.6 cm³/mol. The Morgan fingerprint density at radius 1 is 1.71 bits per heavy atom. The van der Waals surface area contributed by atoms with Gasteiger partial charge in [-0.1, -0.05) is 0 Å². The molecule has 1 saturated heterocycles. The molecule has 0 aromatic carbocycles. The lowest BCUT2D eigenvalue weighted by Gasteiger charge is -2.22. The molecule has 2 rings (SSSR count). The Labute approximate surface area is 87.6 Å². The quantitative estimate of drug-likeness (QED) is 0.800. The van der Waals surface area contributed by atoms with Gasteiger partial charge in [0.15, 0.2) is 0 Å². The second kappa shape index (κ2) is 4.61. The average Bonchev–Trinajstić information content (AvgIpc) is 2.63. The lowest BCUT2D eigenvalue weighted by molar-refractivity contribution is 0.0595. The molecule has 1 atom stereocenters. The van der Waals surface area contributed by atoms with Crippen LogP contribution in [0.1, 0.15) is 12.8 Å². The van der Waals surface area contributed by atoms with Gasteiger partial charge in [0.2, 0.25) is 0 Å². The molecule has 1 fully saturated rings. The van der Waals surface area contributed by atoms with Crippen LogP contribution < -0.4 is 11.1 Å². The Kier molecular flexibility index (Phi) is 3.21. The molecule has 1 aromatic rings. The summed E-state index contributed by atoms with van der Waals surface area (Å²) in [6, 6.07) is 1.87. The topological polar surface area (TPSA) is 60.2 Å². The number of anilines is 2. The SMILES string of the molecule is Nc1cc(NCC2CCCOC2)sn1. The summed E-state index contributed by atoms with van der Waals surface area (Å²) in [6.07, 6.45) is 2.43. The van der Waals surface area contributed by atoms with E-state index in [9.17, 15) is 0 Å². The highest BCUT2D eigenvalue weighted by Gasteiger charge is 2.13. The van der Waals surface area contributed by atoms with Gasteiger partial charge in [-0.15, -0.1) is 0 Å². The van der Waals surface area contributed by atoms with Gasteiger partial charge in [0.1, 0.15) is 10.8 Å². The molecule has 1 aromatic heterocycles. The Morgan fingerprint density at radius 3 is 3.29 bits per heavy atom. The minimum absolute atomic E-state index is 0.595. The van der Waals surface area contributed by atoms with Crippen molar-refractivity contribution in [3.63, 3.8) is 0 Å². The number of hydrogen-bond acceptors (Lipinski definition) is 5. The fourth-order valence-corrected chi connectivity index (χ4v) is 2.16. The third-order valence-corrected chi connectivity index (χ3v) is 3.11. The van der Waals surface area contributed by atoms with E-state index < -0.39 is 0 Å². The van der Waals surface area contributed by atoms with Crippen molar-refractivity contribution in [3.8, 4) is 0 Å². The van der Waals surface area contributed by atoms with E-state index in [4.69, 9.17) is 10.5 Å². The molecule has 14 heavy (non-hydrogen) atoms. The van der Waals surface area contributed by atoms with Gasteiger partial charge in [0, 0.05) is 19.2 Å².